The second-order valence-electron chi connectivity index (χ2n) is 17.8. The molecule has 3 aliphatic rings. The van der Waals surface area contributed by atoms with Crippen LogP contribution in [0.3, 0.4) is 0 Å². The van der Waals surface area contributed by atoms with Gasteiger partial charge in [0.05, 0.1) is 57.6 Å². The summed E-state index contributed by atoms with van der Waals surface area (Å²) in [5.41, 5.74) is 7.14. The fourth-order valence-electron chi connectivity index (χ4n) is 8.13. The first-order valence-electron chi connectivity index (χ1n) is 22.3. The van der Waals surface area contributed by atoms with Crippen molar-refractivity contribution in [3.05, 3.63) is 47.5 Å². The maximum absolute atomic E-state index is 13.5. The molecule has 0 aromatic heterocycles. The molecule has 16 heteroatoms. The van der Waals surface area contributed by atoms with E-state index in [0.29, 0.717) is 45.7 Å². The van der Waals surface area contributed by atoms with E-state index >= 15 is 0 Å². The summed E-state index contributed by atoms with van der Waals surface area (Å²) in [7, 11) is 1.67. The van der Waals surface area contributed by atoms with Crippen LogP contribution in [0.5, 0.6) is 0 Å². The zero-order chi connectivity index (χ0) is 45.3. The third-order valence-corrected chi connectivity index (χ3v) is 11.5. The highest BCUT2D eigenvalue weighted by atomic mass is 16.6. The van der Waals surface area contributed by atoms with E-state index in [1.165, 1.54) is 5.57 Å². The predicted octanol–water partition coefficient (Wildman–Crippen LogP) is 2.91. The van der Waals surface area contributed by atoms with Crippen LogP contribution in [0, 0.1) is 11.8 Å². The summed E-state index contributed by atoms with van der Waals surface area (Å²) in [5, 5.41) is 8.52. The second kappa shape index (κ2) is 25.0. The quantitative estimate of drug-likeness (QED) is 0.0188. The van der Waals surface area contributed by atoms with Gasteiger partial charge in [-0.05, 0) is 64.4 Å². The monoisotopic (exact) mass is 872 g/mol. The molecule has 0 bridgehead atoms. The molecule has 2 heterocycles. The van der Waals surface area contributed by atoms with Crippen molar-refractivity contribution in [1.29, 1.82) is 0 Å². The topological polar surface area (TPSA) is 207 Å². The number of ether oxygens (including phenoxy) is 6. The number of methoxy groups -OCH3 is 1. The van der Waals surface area contributed by atoms with Gasteiger partial charge >= 0.3 is 5.97 Å². The predicted molar refractivity (Wildman–Crippen MR) is 233 cm³/mol. The number of hydrogen-bond donors (Lipinski definition) is 5. The molecule has 1 aromatic carbocycles. The fraction of sp³-hybridized carbons (Fsp3) is 0.717. The lowest BCUT2D eigenvalue weighted by atomic mass is 9.68. The summed E-state index contributed by atoms with van der Waals surface area (Å²) in [4.78, 5) is 64.8. The molecular formula is C46H73N5O11. The van der Waals surface area contributed by atoms with E-state index < -0.39 is 35.2 Å². The first kappa shape index (κ1) is 51.0. The summed E-state index contributed by atoms with van der Waals surface area (Å²) in [5.74, 6) is -2.25. The summed E-state index contributed by atoms with van der Waals surface area (Å²) in [6, 6.07) is 7.39. The Balaban J connectivity index is 1.08. The fourth-order valence-corrected chi connectivity index (χ4v) is 8.13. The number of ketones is 2. The van der Waals surface area contributed by atoms with Crippen LogP contribution in [0.2, 0.25) is 0 Å². The van der Waals surface area contributed by atoms with Crippen LogP contribution in [0.15, 0.2) is 42.0 Å². The molecule has 1 saturated carbocycles. The summed E-state index contributed by atoms with van der Waals surface area (Å²) >= 11 is 0. The van der Waals surface area contributed by atoms with Gasteiger partial charge in [-0.25, -0.2) is 10.9 Å². The van der Waals surface area contributed by atoms with Crippen LogP contribution in [0.4, 0.5) is 0 Å². The van der Waals surface area contributed by atoms with E-state index in [1.807, 2.05) is 58.0 Å². The molecule has 5 N–H and O–H groups in total. The van der Waals surface area contributed by atoms with Crippen molar-refractivity contribution in [2.45, 2.75) is 141 Å². The van der Waals surface area contributed by atoms with Gasteiger partial charge in [0, 0.05) is 39.1 Å². The van der Waals surface area contributed by atoms with Gasteiger partial charge in [0.15, 0.2) is 0 Å². The normalized spacial score (nSPS) is 24.9. The SMILES string of the molecule is COC1C(OC(=O)CCCOCCOCCNC(=O)CNNC(CC(C)C)C(=O)N[C@@H](Cc2ccccc2)C(=O)C(=O)CNC(C)C)CC[C@]2(CO2)C1C1(C)O[C@@H]1CC=C(C)C. The number of hydrogen-bond acceptors (Lipinski definition) is 14. The van der Waals surface area contributed by atoms with E-state index in [4.69, 9.17) is 28.4 Å². The number of amides is 2. The number of hydrazine groups is 1. The summed E-state index contributed by atoms with van der Waals surface area (Å²) in [6.07, 6.45) is 5.21. The highest BCUT2D eigenvalue weighted by Gasteiger charge is 2.72. The lowest BCUT2D eigenvalue weighted by Crippen LogP contribution is -2.56. The Labute approximate surface area is 368 Å². The zero-order valence-corrected chi connectivity index (χ0v) is 38.2. The third-order valence-electron chi connectivity index (χ3n) is 11.5. The zero-order valence-electron chi connectivity index (χ0n) is 38.2. The van der Waals surface area contributed by atoms with Crippen molar-refractivity contribution in [3.63, 3.8) is 0 Å². The van der Waals surface area contributed by atoms with E-state index in [0.717, 1.165) is 18.4 Å². The lowest BCUT2D eigenvalue weighted by Gasteiger charge is -2.42. The maximum atomic E-state index is 13.5. The van der Waals surface area contributed by atoms with Crippen LogP contribution in [-0.4, -0.2) is 137 Å². The van der Waals surface area contributed by atoms with Gasteiger partial charge in [0.1, 0.15) is 29.5 Å². The molecule has 16 nitrogen and oxygen atoms in total. The number of Topliss-reactive ketones (excluding diaryl/α,β-unsaturated/α-hetero) is 2. The Kier molecular flexibility index (Phi) is 20.6. The Morgan fingerprint density at radius 3 is 2.31 bits per heavy atom. The number of nitrogens with one attached hydrogen (secondary N) is 5. The van der Waals surface area contributed by atoms with Gasteiger partial charge in [0.2, 0.25) is 23.4 Å². The molecule has 1 aromatic rings. The molecular weight excluding hydrogens is 799 g/mol. The molecule has 62 heavy (non-hydrogen) atoms. The van der Waals surface area contributed by atoms with Crippen molar-refractivity contribution >= 4 is 29.4 Å². The van der Waals surface area contributed by atoms with E-state index in [2.05, 4.69) is 53.6 Å². The van der Waals surface area contributed by atoms with Crippen molar-refractivity contribution < 1.29 is 52.4 Å². The van der Waals surface area contributed by atoms with E-state index in [-0.39, 0.29) is 92.7 Å². The minimum absolute atomic E-state index is 0.0172. The van der Waals surface area contributed by atoms with Gasteiger partial charge in [-0.3, -0.25) is 24.0 Å². The average molecular weight is 872 g/mol. The van der Waals surface area contributed by atoms with E-state index in [1.54, 1.807) is 7.11 Å². The maximum Gasteiger partial charge on any atom is 0.306 e. The molecule has 0 radical (unpaired) electrons. The molecule has 2 amide bonds. The van der Waals surface area contributed by atoms with Crippen molar-refractivity contribution in [2.24, 2.45) is 11.8 Å². The molecule has 1 aliphatic carbocycles. The lowest BCUT2D eigenvalue weighted by molar-refractivity contribution is -0.172. The number of carbonyl (C=O) groups is 5. The summed E-state index contributed by atoms with van der Waals surface area (Å²) in [6.45, 7) is 16.0. The Bertz CT molecular complexity index is 1630. The molecule has 3 fully saturated rings. The van der Waals surface area contributed by atoms with Gasteiger partial charge in [0.25, 0.3) is 0 Å². The smallest absolute Gasteiger partial charge is 0.306 e. The Morgan fingerprint density at radius 1 is 0.952 bits per heavy atom. The highest BCUT2D eigenvalue weighted by molar-refractivity contribution is 6.40. The number of allylic oxidation sites excluding steroid dienone is 1. The molecule has 4 rings (SSSR count). The number of epoxide rings is 2. The third kappa shape index (κ3) is 16.2. The molecule has 348 valence electrons. The van der Waals surface area contributed by atoms with Crippen molar-refractivity contribution in [1.82, 2.24) is 26.8 Å². The van der Waals surface area contributed by atoms with Gasteiger partial charge in [-0.2, -0.15) is 0 Å². The molecule has 2 saturated heterocycles. The van der Waals surface area contributed by atoms with Crippen LogP contribution < -0.4 is 26.8 Å². The van der Waals surface area contributed by atoms with Crippen molar-refractivity contribution in [3.8, 4) is 0 Å². The minimum atomic E-state index is -1.05. The Morgan fingerprint density at radius 2 is 1.66 bits per heavy atom. The standard InChI is InChI=1S/C46H73N5O11/c1-30(2)16-17-38-45(7,62-38)43-42(57-8)37(18-19-46(43)29-60-46)61-40(54)15-12-21-58-23-24-59-22-20-47-39(53)28-49-51-35(25-31(3)4)44(56)50-34(26-33-13-10-9-11-14-33)41(55)36(52)27-48-32(5)6/h9-11,13-14,16,31-32,34-35,37-38,42-43,48-49,51H,12,15,17-29H2,1-8H3,(H,47,53)(H,50,56)/t34-,35?,37?,38+,42?,43?,45?,46-/m0/s1. The number of benzene rings is 1. The largest absolute Gasteiger partial charge is 0.460 e. The van der Waals surface area contributed by atoms with Crippen LogP contribution in [-0.2, 0) is 58.8 Å². The molecule has 8 atom stereocenters. The van der Waals surface area contributed by atoms with E-state index in [9.17, 15) is 24.0 Å². The summed E-state index contributed by atoms with van der Waals surface area (Å²) < 4.78 is 35.4. The van der Waals surface area contributed by atoms with Crippen molar-refractivity contribution in [2.75, 3.05) is 59.8 Å². The van der Waals surface area contributed by atoms with Crippen LogP contribution in [0.25, 0.3) is 0 Å². The number of carbonyl (C=O) groups excluding carboxylic acids is 5. The van der Waals surface area contributed by atoms with Crippen LogP contribution >= 0.6 is 0 Å². The average Bonchev–Trinajstić information content (AvgIpc) is 4.15. The second-order valence-corrected chi connectivity index (χ2v) is 17.8. The van der Waals surface area contributed by atoms with Gasteiger partial charge < -0.3 is 44.4 Å². The number of rotatable bonds is 30. The first-order valence-corrected chi connectivity index (χ1v) is 22.3. The molecule has 5 unspecified atom stereocenters. The minimum Gasteiger partial charge on any atom is -0.460 e. The van der Waals surface area contributed by atoms with Gasteiger partial charge in [-0.15, -0.1) is 0 Å². The first-order chi connectivity index (χ1) is 29.6. The van der Waals surface area contributed by atoms with Crippen LogP contribution in [0.1, 0.15) is 92.6 Å². The highest BCUT2D eigenvalue weighted by Crippen LogP contribution is 2.59. The van der Waals surface area contributed by atoms with Gasteiger partial charge in [-0.1, -0.05) is 69.7 Å². The Hall–Kier alpha value is -3.61. The molecule has 1 spiro atoms. The number of esters is 1. The molecule has 2 aliphatic heterocycles.